The number of nitrogens with two attached hydrogens (primary N) is 1. The second-order valence-corrected chi connectivity index (χ2v) is 7.99. The van der Waals surface area contributed by atoms with E-state index in [4.69, 9.17) is 10.5 Å². The molecule has 0 bridgehead atoms. The predicted octanol–water partition coefficient (Wildman–Crippen LogP) is 6.13. The van der Waals surface area contributed by atoms with Gasteiger partial charge >= 0.3 is 0 Å². The van der Waals surface area contributed by atoms with Crippen LogP contribution < -0.4 is 10.5 Å². The molecule has 4 aromatic rings. The molecule has 0 aromatic heterocycles. The van der Waals surface area contributed by atoms with E-state index in [9.17, 15) is 5.11 Å². The van der Waals surface area contributed by atoms with Gasteiger partial charge in [-0.2, -0.15) is 0 Å². The third-order valence-corrected chi connectivity index (χ3v) is 6.17. The molecule has 1 aliphatic rings. The van der Waals surface area contributed by atoms with Gasteiger partial charge in [0.1, 0.15) is 11.5 Å². The Balaban J connectivity index is 1.82. The summed E-state index contributed by atoms with van der Waals surface area (Å²) in [6.45, 7) is 2.80. The van der Waals surface area contributed by atoms with Crippen LogP contribution in [0.15, 0.2) is 91.0 Å². The summed E-state index contributed by atoms with van der Waals surface area (Å²) in [7, 11) is 0. The number of anilines is 1. The molecular weight excluding hydrogens is 382 g/mol. The number of rotatable bonds is 5. The smallest absolute Gasteiger partial charge is 0.138 e. The van der Waals surface area contributed by atoms with E-state index >= 15 is 0 Å². The van der Waals surface area contributed by atoms with Gasteiger partial charge in [-0.15, -0.1) is 0 Å². The molecule has 5 rings (SSSR count). The molecule has 3 heteroatoms. The van der Waals surface area contributed by atoms with E-state index < -0.39 is 5.41 Å². The number of benzene rings is 4. The van der Waals surface area contributed by atoms with Crippen LogP contribution in [-0.2, 0) is 5.41 Å². The minimum absolute atomic E-state index is 0.0989. The Hall–Kier alpha value is -3.72. The number of hydrogen-bond donors (Lipinski definition) is 2. The summed E-state index contributed by atoms with van der Waals surface area (Å²) in [6, 6.07) is 31.0. The first kappa shape index (κ1) is 19.3. The molecule has 0 saturated carbocycles. The van der Waals surface area contributed by atoms with Crippen molar-refractivity contribution in [3.63, 3.8) is 0 Å². The van der Waals surface area contributed by atoms with Gasteiger partial charge in [-0.25, -0.2) is 0 Å². The Morgan fingerprint density at radius 3 is 1.94 bits per heavy atom. The lowest BCUT2D eigenvalue weighted by Gasteiger charge is -2.34. The molecule has 0 aliphatic heterocycles. The van der Waals surface area contributed by atoms with E-state index in [1.165, 1.54) is 22.3 Å². The van der Waals surface area contributed by atoms with Gasteiger partial charge in [0.25, 0.3) is 0 Å². The molecular formula is C28H25NO2. The second kappa shape index (κ2) is 7.51. The van der Waals surface area contributed by atoms with Crippen molar-refractivity contribution in [3.8, 4) is 22.6 Å². The van der Waals surface area contributed by atoms with Gasteiger partial charge in [-0.05, 0) is 64.1 Å². The van der Waals surface area contributed by atoms with Crippen LogP contribution >= 0.6 is 0 Å². The molecule has 0 unspecified atom stereocenters. The zero-order valence-electron chi connectivity index (χ0n) is 17.5. The Morgan fingerprint density at radius 1 is 0.774 bits per heavy atom. The highest BCUT2D eigenvalue weighted by Crippen LogP contribution is 2.56. The number of hydrogen-bond acceptors (Lipinski definition) is 3. The minimum Gasteiger partial charge on any atom is -0.506 e. The quantitative estimate of drug-likeness (QED) is 0.272. The average molecular weight is 408 g/mol. The second-order valence-electron chi connectivity index (χ2n) is 7.99. The maximum atomic E-state index is 10.1. The van der Waals surface area contributed by atoms with Crippen LogP contribution in [-0.4, -0.2) is 11.7 Å². The molecule has 1 aliphatic carbocycles. The van der Waals surface area contributed by atoms with Crippen LogP contribution in [0.25, 0.3) is 11.1 Å². The maximum absolute atomic E-state index is 10.1. The Kier molecular flexibility index (Phi) is 4.67. The molecule has 0 fully saturated rings. The van der Waals surface area contributed by atoms with Crippen LogP contribution in [0.5, 0.6) is 11.5 Å². The normalized spacial score (nSPS) is 13.5. The summed E-state index contributed by atoms with van der Waals surface area (Å²) in [6.07, 6.45) is 0.971. The van der Waals surface area contributed by atoms with E-state index in [1.807, 2.05) is 24.3 Å². The fourth-order valence-electron chi connectivity index (χ4n) is 4.83. The highest BCUT2D eigenvalue weighted by Gasteiger charge is 2.46. The first-order chi connectivity index (χ1) is 15.2. The van der Waals surface area contributed by atoms with Crippen LogP contribution in [0.1, 0.15) is 35.6 Å². The summed E-state index contributed by atoms with van der Waals surface area (Å²) in [4.78, 5) is 0. The van der Waals surface area contributed by atoms with Gasteiger partial charge in [0.05, 0.1) is 17.7 Å². The average Bonchev–Trinajstić information content (AvgIpc) is 3.11. The first-order valence-electron chi connectivity index (χ1n) is 10.7. The SMILES string of the molecule is CCCOc1ccc(C2(c3ccc(O)c(N)c3)c3ccccc3-c3ccccc32)cc1. The van der Waals surface area contributed by atoms with Crippen LogP contribution in [0.2, 0.25) is 0 Å². The molecule has 3 N–H and O–H groups in total. The van der Waals surface area contributed by atoms with Crippen molar-refractivity contribution >= 4 is 5.69 Å². The largest absolute Gasteiger partial charge is 0.506 e. The maximum Gasteiger partial charge on any atom is 0.138 e. The lowest BCUT2D eigenvalue weighted by molar-refractivity contribution is 0.317. The highest BCUT2D eigenvalue weighted by molar-refractivity contribution is 5.86. The standard InChI is InChI=1S/C28H25NO2/c1-2-17-31-21-14-11-19(12-15-21)28(20-13-16-27(30)26(29)18-20)24-9-5-3-7-22(24)23-8-4-6-10-25(23)28/h3-16,18,30H,2,17,29H2,1H3. The molecule has 154 valence electrons. The summed E-state index contributed by atoms with van der Waals surface area (Å²) in [5.41, 5.74) is 13.0. The summed E-state index contributed by atoms with van der Waals surface area (Å²) in [5.74, 6) is 0.965. The molecule has 0 amide bonds. The molecule has 0 radical (unpaired) electrons. The molecule has 0 atom stereocenters. The lowest BCUT2D eigenvalue weighted by atomic mass is 9.67. The molecule has 0 saturated heterocycles. The van der Waals surface area contributed by atoms with E-state index in [2.05, 4.69) is 67.6 Å². The van der Waals surface area contributed by atoms with Crippen molar-refractivity contribution in [2.75, 3.05) is 12.3 Å². The zero-order chi connectivity index (χ0) is 21.4. The molecule has 0 spiro atoms. The van der Waals surface area contributed by atoms with E-state index in [0.29, 0.717) is 12.3 Å². The molecule has 3 nitrogen and oxygen atoms in total. The zero-order valence-corrected chi connectivity index (χ0v) is 17.5. The third kappa shape index (κ3) is 2.89. The van der Waals surface area contributed by atoms with Gasteiger partial charge in [0, 0.05) is 0 Å². The monoisotopic (exact) mass is 407 g/mol. The van der Waals surface area contributed by atoms with Crippen molar-refractivity contribution in [1.29, 1.82) is 0 Å². The van der Waals surface area contributed by atoms with Crippen LogP contribution in [0.3, 0.4) is 0 Å². The van der Waals surface area contributed by atoms with E-state index in [0.717, 1.165) is 23.3 Å². The van der Waals surface area contributed by atoms with Crippen molar-refractivity contribution in [1.82, 2.24) is 0 Å². The minimum atomic E-state index is -0.529. The Labute approximate surface area is 182 Å². The van der Waals surface area contributed by atoms with Gasteiger partial charge in [0.2, 0.25) is 0 Å². The third-order valence-electron chi connectivity index (χ3n) is 6.17. The summed E-state index contributed by atoms with van der Waals surface area (Å²) < 4.78 is 5.83. The van der Waals surface area contributed by atoms with Gasteiger partial charge < -0.3 is 15.6 Å². The Morgan fingerprint density at radius 2 is 1.35 bits per heavy atom. The van der Waals surface area contributed by atoms with Gasteiger partial charge in [0.15, 0.2) is 0 Å². The first-order valence-corrected chi connectivity index (χ1v) is 10.7. The fourth-order valence-corrected chi connectivity index (χ4v) is 4.83. The van der Waals surface area contributed by atoms with E-state index in [-0.39, 0.29) is 5.75 Å². The number of nitrogen functional groups attached to an aromatic ring is 1. The number of aromatic hydroxyl groups is 1. The van der Waals surface area contributed by atoms with Gasteiger partial charge in [-0.3, -0.25) is 0 Å². The number of ether oxygens (including phenoxy) is 1. The van der Waals surface area contributed by atoms with E-state index in [1.54, 1.807) is 6.07 Å². The lowest BCUT2D eigenvalue weighted by Crippen LogP contribution is -2.28. The van der Waals surface area contributed by atoms with Gasteiger partial charge in [-0.1, -0.05) is 73.7 Å². The molecule has 0 heterocycles. The number of phenolic OH excluding ortho intramolecular Hbond substituents is 1. The highest BCUT2D eigenvalue weighted by atomic mass is 16.5. The number of fused-ring (bicyclic) bond motifs is 3. The summed E-state index contributed by atoms with van der Waals surface area (Å²) >= 11 is 0. The predicted molar refractivity (Wildman–Crippen MR) is 126 cm³/mol. The summed E-state index contributed by atoms with van der Waals surface area (Å²) in [5, 5.41) is 10.1. The Bertz CT molecular complexity index is 1200. The number of phenols is 1. The van der Waals surface area contributed by atoms with Crippen molar-refractivity contribution < 1.29 is 9.84 Å². The van der Waals surface area contributed by atoms with Crippen molar-refractivity contribution in [2.24, 2.45) is 0 Å². The van der Waals surface area contributed by atoms with Crippen LogP contribution in [0, 0.1) is 0 Å². The van der Waals surface area contributed by atoms with Crippen LogP contribution in [0.4, 0.5) is 5.69 Å². The topological polar surface area (TPSA) is 55.5 Å². The molecule has 31 heavy (non-hydrogen) atoms. The van der Waals surface area contributed by atoms with Crippen molar-refractivity contribution in [3.05, 3.63) is 113 Å². The van der Waals surface area contributed by atoms with Crippen molar-refractivity contribution in [2.45, 2.75) is 18.8 Å². The molecule has 4 aromatic carbocycles. The fraction of sp³-hybridized carbons (Fsp3) is 0.143.